The van der Waals surface area contributed by atoms with Gasteiger partial charge in [0, 0.05) is 37.1 Å². The number of hydrogen-bond donors (Lipinski definition) is 2. The average Bonchev–Trinajstić information content (AvgIpc) is 3.73. The lowest BCUT2D eigenvalue weighted by molar-refractivity contribution is -0.156. The van der Waals surface area contributed by atoms with Gasteiger partial charge < -0.3 is 48.5 Å². The summed E-state index contributed by atoms with van der Waals surface area (Å²) in [6.45, 7) is 26.9. The summed E-state index contributed by atoms with van der Waals surface area (Å²) in [4.78, 5) is 73.1. The van der Waals surface area contributed by atoms with Gasteiger partial charge in [-0.05, 0) is 82.5 Å². The van der Waals surface area contributed by atoms with Gasteiger partial charge in [-0.3, -0.25) is 9.59 Å². The number of carbonyl (C=O) groups is 6. The number of nitrogens with one attached hydrogen (secondary N) is 2. The Bertz CT molecular complexity index is 1370. The Morgan fingerprint density at radius 3 is 1.75 bits per heavy atom. The zero-order chi connectivity index (χ0) is 45.2. The van der Waals surface area contributed by atoms with Crippen molar-refractivity contribution in [2.75, 3.05) is 39.5 Å². The van der Waals surface area contributed by atoms with Crippen LogP contribution in [0.25, 0.3) is 0 Å². The number of alkyl carbamates (subject to hydrolysis) is 2. The standard InChI is InChI=1S/C44H72N2O14/c1-27(2)39(49)55-22-31(7)57-36(48)16-18-43(9,10)20-30(6)17-19-45-41(51)60-34-25-54-37-33(24-53-38(34)37)59-35(47)15-13-14-29(5)21-44(11,12)26-46-42(52)58-32(8)23-56-40(50)28(3)4/h29-34,37-38H,1,3,13-26H2,2,4-12H3,(H,45,51)(H,46,52)/t29?,30?,31?,32?,33-,34+,37+,38+/m0/s1. The summed E-state index contributed by atoms with van der Waals surface area (Å²) >= 11 is 0. The van der Waals surface area contributed by atoms with Crippen LogP contribution in [0.3, 0.4) is 0 Å². The van der Waals surface area contributed by atoms with Crippen LogP contribution in [-0.2, 0) is 57.1 Å². The van der Waals surface area contributed by atoms with Crippen molar-refractivity contribution in [2.24, 2.45) is 22.7 Å². The van der Waals surface area contributed by atoms with Gasteiger partial charge in [0.15, 0.2) is 12.2 Å². The summed E-state index contributed by atoms with van der Waals surface area (Å²) in [5, 5.41) is 5.59. The zero-order valence-electron chi connectivity index (χ0n) is 37.6. The topological polar surface area (TPSA) is 200 Å². The van der Waals surface area contributed by atoms with E-state index >= 15 is 0 Å². The summed E-state index contributed by atoms with van der Waals surface area (Å²) < 4.78 is 43.8. The number of ether oxygens (including phenoxy) is 8. The highest BCUT2D eigenvalue weighted by atomic mass is 16.7. The van der Waals surface area contributed by atoms with Crippen LogP contribution in [0.15, 0.2) is 24.3 Å². The lowest BCUT2D eigenvalue weighted by Crippen LogP contribution is -2.38. The third kappa shape index (κ3) is 20.4. The number of esters is 4. The Hall–Kier alpha value is -4.18. The molecule has 0 spiro atoms. The fourth-order valence-electron chi connectivity index (χ4n) is 7.28. The van der Waals surface area contributed by atoms with Crippen molar-refractivity contribution in [3.63, 3.8) is 0 Å². The van der Waals surface area contributed by atoms with Crippen molar-refractivity contribution in [1.29, 1.82) is 0 Å². The molecule has 2 amide bonds. The van der Waals surface area contributed by atoms with E-state index in [0.29, 0.717) is 32.4 Å². The van der Waals surface area contributed by atoms with Crippen LogP contribution in [0, 0.1) is 22.7 Å². The predicted molar refractivity (Wildman–Crippen MR) is 222 cm³/mol. The monoisotopic (exact) mass is 852 g/mol. The Balaban J connectivity index is 1.62. The molecule has 4 unspecified atom stereocenters. The molecule has 8 atom stereocenters. The molecule has 0 aromatic carbocycles. The first-order chi connectivity index (χ1) is 28.0. The Morgan fingerprint density at radius 2 is 1.18 bits per heavy atom. The molecule has 0 saturated carbocycles. The molecule has 2 N–H and O–H groups in total. The highest BCUT2D eigenvalue weighted by Crippen LogP contribution is 2.33. The summed E-state index contributed by atoms with van der Waals surface area (Å²) in [5.74, 6) is -1.24. The molecule has 0 radical (unpaired) electrons. The third-order valence-electron chi connectivity index (χ3n) is 10.2. The summed E-state index contributed by atoms with van der Waals surface area (Å²) in [5.41, 5.74) is 0.172. The Labute approximate surface area is 356 Å². The molecule has 2 aliphatic rings. The first kappa shape index (κ1) is 52.0. The van der Waals surface area contributed by atoms with Crippen LogP contribution in [0.5, 0.6) is 0 Å². The smallest absolute Gasteiger partial charge is 0.407 e. The third-order valence-corrected chi connectivity index (χ3v) is 10.2. The molecule has 0 aromatic rings. The second-order valence-electron chi connectivity index (χ2n) is 18.3. The first-order valence-electron chi connectivity index (χ1n) is 21.1. The fraction of sp³-hybridized carbons (Fsp3) is 0.773. The molecule has 2 fully saturated rings. The predicted octanol–water partition coefficient (Wildman–Crippen LogP) is 6.52. The maximum Gasteiger partial charge on any atom is 0.407 e. The van der Waals surface area contributed by atoms with E-state index in [1.165, 1.54) is 0 Å². The van der Waals surface area contributed by atoms with Crippen LogP contribution in [0.1, 0.15) is 121 Å². The summed E-state index contributed by atoms with van der Waals surface area (Å²) in [7, 11) is 0. The minimum atomic E-state index is -0.633. The normalized spacial score (nSPS) is 20.6. The lowest BCUT2D eigenvalue weighted by Gasteiger charge is -2.28. The van der Waals surface area contributed by atoms with Crippen LogP contribution in [0.2, 0.25) is 0 Å². The number of amides is 2. The van der Waals surface area contributed by atoms with Gasteiger partial charge in [-0.1, -0.05) is 61.1 Å². The molecule has 2 aliphatic heterocycles. The van der Waals surface area contributed by atoms with E-state index in [4.69, 9.17) is 37.9 Å². The number of hydrogen-bond acceptors (Lipinski definition) is 14. The highest BCUT2D eigenvalue weighted by molar-refractivity contribution is 5.87. The maximum absolute atomic E-state index is 12.8. The Morgan fingerprint density at radius 1 is 0.667 bits per heavy atom. The van der Waals surface area contributed by atoms with Crippen molar-refractivity contribution in [3.05, 3.63) is 24.3 Å². The molecule has 0 aromatic heterocycles. The molecule has 0 bridgehead atoms. The van der Waals surface area contributed by atoms with Gasteiger partial charge in [-0.2, -0.15) is 0 Å². The largest absolute Gasteiger partial charge is 0.459 e. The second kappa shape index (κ2) is 24.9. The molecular formula is C44H72N2O14. The minimum absolute atomic E-state index is 0.0284. The molecule has 0 aliphatic carbocycles. The molecule has 16 heteroatoms. The van der Waals surface area contributed by atoms with Gasteiger partial charge >= 0.3 is 36.1 Å². The van der Waals surface area contributed by atoms with E-state index in [0.717, 1.165) is 19.3 Å². The van der Waals surface area contributed by atoms with Crippen molar-refractivity contribution in [2.45, 2.75) is 157 Å². The van der Waals surface area contributed by atoms with Crippen molar-refractivity contribution < 1.29 is 66.7 Å². The van der Waals surface area contributed by atoms with E-state index in [9.17, 15) is 28.8 Å². The van der Waals surface area contributed by atoms with Crippen molar-refractivity contribution in [3.8, 4) is 0 Å². The van der Waals surface area contributed by atoms with E-state index in [1.54, 1.807) is 27.7 Å². The van der Waals surface area contributed by atoms with Gasteiger partial charge in [-0.15, -0.1) is 0 Å². The van der Waals surface area contributed by atoms with Crippen LogP contribution < -0.4 is 10.6 Å². The minimum Gasteiger partial charge on any atom is -0.459 e. The van der Waals surface area contributed by atoms with Crippen LogP contribution in [0.4, 0.5) is 9.59 Å². The average molecular weight is 853 g/mol. The maximum atomic E-state index is 12.8. The van der Waals surface area contributed by atoms with E-state index in [-0.39, 0.29) is 85.0 Å². The summed E-state index contributed by atoms with van der Waals surface area (Å²) in [6.07, 6.45) is 0.201. The van der Waals surface area contributed by atoms with E-state index < -0.39 is 60.7 Å². The zero-order valence-corrected chi connectivity index (χ0v) is 37.6. The molecular weight excluding hydrogens is 780 g/mol. The fourth-order valence-corrected chi connectivity index (χ4v) is 7.28. The molecule has 16 nitrogen and oxygen atoms in total. The molecule has 2 rings (SSSR count). The first-order valence-corrected chi connectivity index (χ1v) is 21.1. The second-order valence-corrected chi connectivity index (χ2v) is 18.3. The molecule has 60 heavy (non-hydrogen) atoms. The van der Waals surface area contributed by atoms with E-state index in [2.05, 4.69) is 51.5 Å². The Kier molecular flexibility index (Phi) is 21.6. The van der Waals surface area contributed by atoms with Gasteiger partial charge in [0.1, 0.15) is 37.6 Å². The number of fused-ring (bicyclic) bond motifs is 1. The van der Waals surface area contributed by atoms with Gasteiger partial charge in [0.25, 0.3) is 0 Å². The highest BCUT2D eigenvalue weighted by Gasteiger charge is 2.51. The molecule has 2 heterocycles. The van der Waals surface area contributed by atoms with Gasteiger partial charge in [0.2, 0.25) is 0 Å². The van der Waals surface area contributed by atoms with E-state index in [1.807, 2.05) is 13.8 Å². The lowest BCUT2D eigenvalue weighted by atomic mass is 9.79. The SMILES string of the molecule is C=C(C)C(=O)OCC(C)OC(=O)CCC(C)(C)CC(C)CCNC(=O)O[C@@H]1CO[C@H]2[C@@H]1OC[C@@H]2OC(=O)CCCC(C)CC(C)(C)CNC(=O)OC(C)COC(=O)C(=C)C. The van der Waals surface area contributed by atoms with Crippen molar-refractivity contribution >= 4 is 36.1 Å². The molecule has 342 valence electrons. The van der Waals surface area contributed by atoms with Gasteiger partial charge in [-0.25, -0.2) is 19.2 Å². The quantitative estimate of drug-likeness (QED) is 0.0541. The molecule has 2 saturated heterocycles. The van der Waals surface area contributed by atoms with Crippen LogP contribution >= 0.6 is 0 Å². The van der Waals surface area contributed by atoms with Gasteiger partial charge in [0.05, 0.1) is 13.2 Å². The van der Waals surface area contributed by atoms with Crippen molar-refractivity contribution in [1.82, 2.24) is 10.6 Å². The number of carbonyl (C=O) groups excluding carboxylic acids is 6. The number of rotatable bonds is 26. The van der Waals surface area contributed by atoms with Crippen LogP contribution in [-0.4, -0.2) is 112 Å². The summed E-state index contributed by atoms with van der Waals surface area (Å²) in [6, 6.07) is 0.